The van der Waals surface area contributed by atoms with Gasteiger partial charge in [0.25, 0.3) is 5.82 Å². The Hall–Kier alpha value is -3.81. The number of benzene rings is 2. The summed E-state index contributed by atoms with van der Waals surface area (Å²) in [5, 5.41) is 3.20. The number of H-pyrrole nitrogens is 2. The fourth-order valence-corrected chi connectivity index (χ4v) is 4.58. The molecular weight excluding hydrogens is 396 g/mol. The van der Waals surface area contributed by atoms with Crippen LogP contribution in [0.2, 0.25) is 0 Å². The third kappa shape index (κ3) is 2.71. The molecule has 0 bridgehead atoms. The van der Waals surface area contributed by atoms with Crippen molar-refractivity contribution in [2.75, 3.05) is 26.2 Å². The number of hydrogen-bond acceptors (Lipinski definition) is 6. The van der Waals surface area contributed by atoms with Crippen LogP contribution in [0.15, 0.2) is 48.3 Å². The summed E-state index contributed by atoms with van der Waals surface area (Å²) in [6.45, 7) is 0. The number of para-hydroxylation sites is 2. The monoisotopic (exact) mass is 419 g/mol. The predicted octanol–water partition coefficient (Wildman–Crippen LogP) is 2.08. The highest BCUT2D eigenvalue weighted by atomic mass is 16.5. The van der Waals surface area contributed by atoms with Crippen molar-refractivity contribution in [3.63, 3.8) is 0 Å². The van der Waals surface area contributed by atoms with Gasteiger partial charge in [-0.05, 0) is 12.1 Å². The van der Waals surface area contributed by atoms with Crippen LogP contribution in [-0.2, 0) is 9.59 Å². The van der Waals surface area contributed by atoms with Crippen molar-refractivity contribution in [3.8, 4) is 11.5 Å². The number of carbonyl (C=O) groups is 2. The molecule has 3 aromatic rings. The highest BCUT2D eigenvalue weighted by Gasteiger charge is 2.62. The molecule has 3 N–H and O–H groups in total. The normalized spacial score (nSPS) is 17.5. The maximum absolute atomic E-state index is 13.8. The maximum atomic E-state index is 13.8. The van der Waals surface area contributed by atoms with E-state index in [0.717, 1.165) is 11.0 Å². The molecule has 31 heavy (non-hydrogen) atoms. The molecule has 8 nitrogen and oxygen atoms in total. The van der Waals surface area contributed by atoms with Gasteiger partial charge in [0.15, 0.2) is 11.0 Å². The lowest BCUT2D eigenvalue weighted by Crippen LogP contribution is -2.60. The summed E-state index contributed by atoms with van der Waals surface area (Å²) in [5.74, 6) is 2.39. The Morgan fingerprint density at radius 1 is 1.06 bits per heavy atom. The van der Waals surface area contributed by atoms with Crippen LogP contribution in [-0.4, -0.2) is 43.4 Å². The van der Waals surface area contributed by atoms with Crippen molar-refractivity contribution >= 4 is 33.9 Å². The topological polar surface area (TPSA) is 97.8 Å². The Morgan fingerprint density at radius 2 is 1.74 bits per heavy atom. The number of rotatable bonds is 5. The van der Waals surface area contributed by atoms with Crippen molar-refractivity contribution in [1.29, 1.82) is 0 Å². The molecule has 2 aliphatic rings. The summed E-state index contributed by atoms with van der Waals surface area (Å²) in [7, 11) is 4.93. The number of imidazole rings is 1. The van der Waals surface area contributed by atoms with Crippen LogP contribution < -0.4 is 24.7 Å². The molecule has 5 rings (SSSR count). The van der Waals surface area contributed by atoms with Crippen LogP contribution in [0.3, 0.4) is 0 Å². The van der Waals surface area contributed by atoms with E-state index < -0.39 is 5.54 Å². The molecule has 0 saturated heterocycles. The number of ether oxygens (including phenoxy) is 2. The number of nitrogens with one attached hydrogen (secondary N) is 3. The van der Waals surface area contributed by atoms with Gasteiger partial charge in [-0.15, -0.1) is 0 Å². The Morgan fingerprint density at radius 3 is 2.32 bits per heavy atom. The molecule has 1 fully saturated rings. The molecule has 1 aliphatic heterocycles. The smallest absolute Gasteiger partial charge is 0.292 e. The number of aromatic amines is 2. The second-order valence-corrected chi connectivity index (χ2v) is 7.80. The number of aromatic nitrogens is 2. The van der Waals surface area contributed by atoms with Crippen molar-refractivity contribution in [2.24, 2.45) is 0 Å². The van der Waals surface area contributed by atoms with E-state index in [2.05, 4.69) is 15.3 Å². The lowest BCUT2D eigenvalue weighted by Gasteiger charge is -2.45. The van der Waals surface area contributed by atoms with Gasteiger partial charge in [0.2, 0.25) is 5.78 Å². The van der Waals surface area contributed by atoms with Crippen molar-refractivity contribution in [3.05, 3.63) is 54.1 Å². The summed E-state index contributed by atoms with van der Waals surface area (Å²) >= 11 is 0. The highest BCUT2D eigenvalue weighted by Crippen LogP contribution is 2.50. The molecule has 2 heterocycles. The van der Waals surface area contributed by atoms with Gasteiger partial charge in [-0.2, -0.15) is 0 Å². The molecule has 158 valence electrons. The first-order valence-corrected chi connectivity index (χ1v) is 10.0. The average Bonchev–Trinajstić information content (AvgIpc) is 3.29. The number of hydrogen-bond donors (Lipinski definition) is 2. The van der Waals surface area contributed by atoms with Crippen molar-refractivity contribution in [1.82, 2.24) is 10.3 Å². The summed E-state index contributed by atoms with van der Waals surface area (Å²) < 4.78 is 10.9. The summed E-state index contributed by atoms with van der Waals surface area (Å²) in [5.41, 5.74) is 2.04. The van der Waals surface area contributed by atoms with Gasteiger partial charge < -0.3 is 19.7 Å². The van der Waals surface area contributed by atoms with Crippen LogP contribution in [0.1, 0.15) is 18.7 Å². The highest BCUT2D eigenvalue weighted by molar-refractivity contribution is 6.33. The molecule has 1 aromatic heterocycles. The first-order valence-electron chi connectivity index (χ1n) is 10.0. The summed E-state index contributed by atoms with van der Waals surface area (Å²) in [6.07, 6.45) is 0.306. The van der Waals surface area contributed by atoms with E-state index in [9.17, 15) is 9.59 Å². The second-order valence-electron chi connectivity index (χ2n) is 7.80. The Bertz CT molecular complexity index is 1200. The number of nitrogens with zero attached hydrogens (tertiary/aromatic N) is 1. The van der Waals surface area contributed by atoms with Crippen LogP contribution in [0.5, 0.6) is 11.5 Å². The van der Waals surface area contributed by atoms with Crippen molar-refractivity contribution in [2.45, 2.75) is 18.4 Å². The molecule has 1 saturated carbocycles. The molecule has 0 atom stereocenters. The molecule has 0 radical (unpaired) electrons. The number of methoxy groups -OCH3 is 2. The van der Waals surface area contributed by atoms with E-state index in [4.69, 9.17) is 9.47 Å². The summed E-state index contributed by atoms with van der Waals surface area (Å²) in [6, 6.07) is 13.2. The standard InChI is InChI=1S/C23H22N4O4/c1-24-22-19(21-25-17-6-4-5-7-18(17)26-21)20(29)23(11-14(28)12-23)27(22)13-8-15(30-2)10-16(9-13)31-3/h4-10,24H,11-12H2,1-3H3,(H,25,26)/p+1. The van der Waals surface area contributed by atoms with Crippen LogP contribution in [0.4, 0.5) is 5.69 Å². The minimum Gasteiger partial charge on any atom is -0.497 e. The number of Topliss-reactive ketones (excluding diaryl/α,β-unsaturated/α-hetero) is 2. The number of anilines is 1. The van der Waals surface area contributed by atoms with Gasteiger partial charge in [0.1, 0.15) is 34.2 Å². The van der Waals surface area contributed by atoms with Gasteiger partial charge in [0.05, 0.1) is 19.9 Å². The molecular formula is C23H23N4O4+. The van der Waals surface area contributed by atoms with Crippen molar-refractivity contribution < 1.29 is 24.0 Å². The lowest BCUT2D eigenvalue weighted by molar-refractivity contribution is -0.348. The zero-order valence-electron chi connectivity index (χ0n) is 17.5. The second kappa shape index (κ2) is 6.87. The number of carbonyl (C=O) groups excluding carboxylic acids is 2. The van der Waals surface area contributed by atoms with Crippen LogP contribution >= 0.6 is 0 Å². The Kier molecular flexibility index (Phi) is 4.25. The van der Waals surface area contributed by atoms with Gasteiger partial charge in [0, 0.05) is 38.1 Å². The molecule has 0 unspecified atom stereocenters. The van der Waals surface area contributed by atoms with E-state index >= 15 is 0 Å². The van der Waals surface area contributed by atoms with E-state index in [1.807, 2.05) is 41.3 Å². The fraction of sp³-hybridized carbons (Fsp3) is 0.261. The summed E-state index contributed by atoms with van der Waals surface area (Å²) in [4.78, 5) is 34.5. The maximum Gasteiger partial charge on any atom is 0.292 e. The van der Waals surface area contributed by atoms with E-state index in [-0.39, 0.29) is 24.4 Å². The van der Waals surface area contributed by atoms with E-state index in [1.54, 1.807) is 27.3 Å². The Labute approximate surface area is 178 Å². The zero-order chi connectivity index (χ0) is 21.8. The third-order valence-corrected chi connectivity index (χ3v) is 6.05. The molecule has 1 spiro atoms. The fourth-order valence-electron chi connectivity index (χ4n) is 4.58. The van der Waals surface area contributed by atoms with Gasteiger partial charge in [-0.25, -0.2) is 9.97 Å². The zero-order valence-corrected chi connectivity index (χ0v) is 17.5. The first kappa shape index (κ1) is 19.2. The van der Waals surface area contributed by atoms with Gasteiger partial charge in [-0.3, -0.25) is 9.59 Å². The minimum absolute atomic E-state index is 0.0607. The lowest BCUT2D eigenvalue weighted by atomic mass is 9.71. The molecule has 2 aromatic carbocycles. The van der Waals surface area contributed by atoms with Gasteiger partial charge in [-0.1, -0.05) is 12.1 Å². The minimum atomic E-state index is -0.965. The number of fused-ring (bicyclic) bond motifs is 1. The molecule has 1 aliphatic carbocycles. The average molecular weight is 419 g/mol. The van der Waals surface area contributed by atoms with Crippen LogP contribution in [0, 0.1) is 0 Å². The quantitative estimate of drug-likeness (QED) is 0.657. The van der Waals surface area contributed by atoms with Gasteiger partial charge >= 0.3 is 0 Å². The SMILES string of the molecule is CNC1=C(c2[nH]c3ccccc3[nH+]2)C(=O)C2(CC(=O)C2)N1c1cc(OC)cc(OC)c1. The van der Waals surface area contributed by atoms with E-state index in [1.165, 1.54) is 0 Å². The molecule has 8 heteroatoms. The number of ketones is 2. The van der Waals surface area contributed by atoms with E-state index in [0.29, 0.717) is 34.4 Å². The van der Waals surface area contributed by atoms with Crippen LogP contribution in [0.25, 0.3) is 16.6 Å². The predicted molar refractivity (Wildman–Crippen MR) is 115 cm³/mol. The third-order valence-electron chi connectivity index (χ3n) is 6.05. The largest absolute Gasteiger partial charge is 0.497 e. The first-order chi connectivity index (χ1) is 15.0. The molecule has 0 amide bonds. The Balaban J connectivity index is 1.73.